The van der Waals surface area contributed by atoms with E-state index in [4.69, 9.17) is 0 Å². The van der Waals surface area contributed by atoms with Crippen molar-refractivity contribution >= 4 is 27.4 Å². The number of aliphatic imine (C=N–C) groups is 1. The predicted molar refractivity (Wildman–Crippen MR) is 80.3 cm³/mol. The van der Waals surface area contributed by atoms with Crippen molar-refractivity contribution in [2.45, 2.75) is 6.54 Å². The maximum Gasteiger partial charge on any atom is 0.195 e. The third kappa shape index (κ3) is 2.82. The molecule has 0 saturated carbocycles. The lowest BCUT2D eigenvalue weighted by molar-refractivity contribution is 0.479. The quantitative estimate of drug-likeness (QED) is 0.611. The second kappa shape index (κ2) is 5.40. The van der Waals surface area contributed by atoms with Gasteiger partial charge in [0.1, 0.15) is 0 Å². The highest BCUT2D eigenvalue weighted by Crippen LogP contribution is 2.22. The van der Waals surface area contributed by atoms with Crippen molar-refractivity contribution in [3.8, 4) is 0 Å². The Balaban J connectivity index is 2.19. The van der Waals surface area contributed by atoms with Crippen LogP contribution in [0.2, 0.25) is 0 Å². The molecule has 2 rings (SSSR count). The maximum atomic E-state index is 4.66. The Labute approximate surface area is 112 Å². The van der Waals surface area contributed by atoms with Gasteiger partial charge >= 0.3 is 0 Å². The summed E-state index contributed by atoms with van der Waals surface area (Å²) in [6.07, 6.45) is 0. The first-order valence-corrected chi connectivity index (χ1v) is 6.81. The fourth-order valence-corrected chi connectivity index (χ4v) is 2.73. The Morgan fingerprint density at radius 3 is 2.50 bits per heavy atom. The second-order valence-electron chi connectivity index (χ2n) is 4.70. The molecule has 2 aromatic rings. The summed E-state index contributed by atoms with van der Waals surface area (Å²) in [7, 11) is 8.06. The average Bonchev–Trinajstić information content (AvgIpc) is 2.75. The number of hydrogen-bond donors (Lipinski definition) is 0. The van der Waals surface area contributed by atoms with Gasteiger partial charge in [0.05, 0.1) is 6.54 Å². The molecule has 1 heterocycles. The molecule has 1 aromatic heterocycles. The summed E-state index contributed by atoms with van der Waals surface area (Å²) >= 11 is 1.78. The molecule has 0 N–H and O–H groups in total. The van der Waals surface area contributed by atoms with Crippen molar-refractivity contribution in [1.82, 2.24) is 9.80 Å². The third-order valence-electron chi connectivity index (χ3n) is 2.72. The largest absolute Gasteiger partial charge is 0.349 e. The van der Waals surface area contributed by atoms with Crippen molar-refractivity contribution in [3.05, 3.63) is 35.2 Å². The van der Waals surface area contributed by atoms with Crippen LogP contribution in [0.25, 0.3) is 10.1 Å². The van der Waals surface area contributed by atoms with E-state index in [1.807, 2.05) is 38.0 Å². The van der Waals surface area contributed by atoms with E-state index in [0.717, 1.165) is 12.5 Å². The zero-order valence-electron chi connectivity index (χ0n) is 11.3. The van der Waals surface area contributed by atoms with Crippen molar-refractivity contribution < 1.29 is 0 Å². The molecular weight excluding hydrogens is 242 g/mol. The molecule has 0 unspecified atom stereocenters. The molecule has 0 aliphatic heterocycles. The zero-order valence-corrected chi connectivity index (χ0v) is 12.2. The first-order valence-electron chi connectivity index (χ1n) is 5.93. The highest BCUT2D eigenvalue weighted by Gasteiger charge is 2.04. The molecule has 0 aliphatic rings. The normalized spacial score (nSPS) is 10.4. The fourth-order valence-electron chi connectivity index (χ4n) is 1.96. The number of thiophene rings is 1. The number of hydrogen-bond acceptors (Lipinski definition) is 2. The summed E-state index contributed by atoms with van der Waals surface area (Å²) in [4.78, 5) is 8.72. The average molecular weight is 261 g/mol. The molecule has 0 radical (unpaired) electrons. The van der Waals surface area contributed by atoms with E-state index in [9.17, 15) is 0 Å². The summed E-state index contributed by atoms with van der Waals surface area (Å²) in [5.41, 5.74) is 1.25. The van der Waals surface area contributed by atoms with Gasteiger partial charge in [0.15, 0.2) is 5.96 Å². The topological polar surface area (TPSA) is 18.8 Å². The van der Waals surface area contributed by atoms with Crippen LogP contribution in [-0.2, 0) is 6.54 Å². The van der Waals surface area contributed by atoms with Crippen molar-refractivity contribution in [2.24, 2.45) is 4.99 Å². The van der Waals surface area contributed by atoms with E-state index in [-0.39, 0.29) is 0 Å². The minimum atomic E-state index is 0.720. The van der Waals surface area contributed by atoms with Crippen molar-refractivity contribution in [2.75, 3.05) is 28.2 Å². The van der Waals surface area contributed by atoms with E-state index in [1.165, 1.54) is 15.6 Å². The van der Waals surface area contributed by atoms with Gasteiger partial charge in [-0.3, -0.25) is 0 Å². The lowest BCUT2D eigenvalue weighted by Gasteiger charge is -2.22. The highest BCUT2D eigenvalue weighted by molar-refractivity contribution is 7.17. The van der Waals surface area contributed by atoms with Crippen LogP contribution in [0.3, 0.4) is 0 Å². The van der Waals surface area contributed by atoms with Crippen molar-refractivity contribution in [1.29, 1.82) is 0 Å². The summed E-state index contributed by atoms with van der Waals surface area (Å²) in [6.45, 7) is 0.720. The highest BCUT2D eigenvalue weighted by atomic mass is 32.1. The molecule has 0 aliphatic carbocycles. The van der Waals surface area contributed by atoms with E-state index >= 15 is 0 Å². The van der Waals surface area contributed by atoms with Crippen LogP contribution < -0.4 is 0 Å². The van der Waals surface area contributed by atoms with Crippen LogP contribution in [0.4, 0.5) is 0 Å². The minimum Gasteiger partial charge on any atom is -0.349 e. The third-order valence-corrected chi connectivity index (χ3v) is 3.62. The minimum absolute atomic E-state index is 0.720. The van der Waals surface area contributed by atoms with Gasteiger partial charge in [-0.2, -0.15) is 0 Å². The van der Waals surface area contributed by atoms with Crippen LogP contribution >= 0.6 is 11.3 Å². The van der Waals surface area contributed by atoms with Crippen LogP contribution in [0, 0.1) is 0 Å². The van der Waals surface area contributed by atoms with E-state index in [2.05, 4.69) is 34.6 Å². The molecule has 0 atom stereocenters. The standard InChI is InChI=1S/C14H19N3S/c1-16(2)14(17(3)4)15-10-11-5-6-13-12(9-11)7-8-18-13/h5-9H,10H2,1-4H3. The van der Waals surface area contributed by atoms with Gasteiger partial charge in [0, 0.05) is 32.9 Å². The van der Waals surface area contributed by atoms with Gasteiger partial charge in [-0.05, 0) is 34.5 Å². The Kier molecular flexibility index (Phi) is 3.87. The molecule has 18 heavy (non-hydrogen) atoms. The smallest absolute Gasteiger partial charge is 0.195 e. The van der Waals surface area contributed by atoms with E-state index < -0.39 is 0 Å². The predicted octanol–water partition coefficient (Wildman–Crippen LogP) is 2.88. The number of guanidine groups is 1. The summed E-state index contributed by atoms with van der Waals surface area (Å²) < 4.78 is 1.34. The van der Waals surface area contributed by atoms with E-state index in [0.29, 0.717) is 0 Å². The first-order chi connectivity index (χ1) is 8.58. The summed E-state index contributed by atoms with van der Waals surface area (Å²) in [5.74, 6) is 0.986. The molecular formula is C14H19N3S. The van der Waals surface area contributed by atoms with Gasteiger partial charge in [-0.1, -0.05) is 6.07 Å². The zero-order chi connectivity index (χ0) is 13.1. The van der Waals surface area contributed by atoms with Gasteiger partial charge in [-0.15, -0.1) is 11.3 Å². The molecule has 0 amide bonds. The van der Waals surface area contributed by atoms with Gasteiger partial charge in [-0.25, -0.2) is 4.99 Å². The SMILES string of the molecule is CN(C)C(=NCc1ccc2sccc2c1)N(C)C. The number of benzene rings is 1. The Bertz CT molecular complexity index is 545. The lowest BCUT2D eigenvalue weighted by Crippen LogP contribution is -2.35. The second-order valence-corrected chi connectivity index (χ2v) is 5.65. The molecule has 0 bridgehead atoms. The maximum absolute atomic E-state index is 4.66. The molecule has 3 nitrogen and oxygen atoms in total. The number of fused-ring (bicyclic) bond motifs is 1. The number of rotatable bonds is 2. The van der Waals surface area contributed by atoms with Gasteiger partial charge in [0.2, 0.25) is 0 Å². The van der Waals surface area contributed by atoms with Gasteiger partial charge < -0.3 is 9.80 Å². The lowest BCUT2D eigenvalue weighted by atomic mass is 10.2. The molecule has 1 aromatic carbocycles. The summed E-state index contributed by atoms with van der Waals surface area (Å²) in [5, 5.41) is 3.44. The molecule has 0 saturated heterocycles. The van der Waals surface area contributed by atoms with Crippen LogP contribution in [-0.4, -0.2) is 44.0 Å². The van der Waals surface area contributed by atoms with E-state index in [1.54, 1.807) is 11.3 Å². The summed E-state index contributed by atoms with van der Waals surface area (Å²) in [6, 6.07) is 8.71. The molecule has 0 spiro atoms. The Hall–Kier alpha value is -1.55. The molecule has 96 valence electrons. The molecule has 4 heteroatoms. The Morgan fingerprint density at radius 1 is 1.11 bits per heavy atom. The van der Waals surface area contributed by atoms with Crippen LogP contribution in [0.5, 0.6) is 0 Å². The number of nitrogens with zero attached hydrogens (tertiary/aromatic N) is 3. The monoisotopic (exact) mass is 261 g/mol. The molecule has 0 fully saturated rings. The van der Waals surface area contributed by atoms with Crippen LogP contribution in [0.1, 0.15) is 5.56 Å². The fraction of sp³-hybridized carbons (Fsp3) is 0.357. The van der Waals surface area contributed by atoms with Crippen molar-refractivity contribution in [3.63, 3.8) is 0 Å². The van der Waals surface area contributed by atoms with Gasteiger partial charge in [0.25, 0.3) is 0 Å². The Morgan fingerprint density at radius 2 is 1.83 bits per heavy atom. The van der Waals surface area contributed by atoms with Crippen LogP contribution in [0.15, 0.2) is 34.6 Å². The first kappa shape index (κ1) is 12.9.